The first-order valence-electron chi connectivity index (χ1n) is 9.34. The van der Waals surface area contributed by atoms with Crippen molar-refractivity contribution < 1.29 is 14.0 Å². The van der Waals surface area contributed by atoms with Crippen molar-refractivity contribution in [3.8, 4) is 11.5 Å². The maximum atomic E-state index is 12.4. The molecule has 3 aromatic rings. The van der Waals surface area contributed by atoms with E-state index >= 15 is 0 Å². The van der Waals surface area contributed by atoms with Gasteiger partial charge in [0.05, 0.1) is 12.1 Å². The van der Waals surface area contributed by atoms with E-state index in [0.717, 1.165) is 24.1 Å². The van der Waals surface area contributed by atoms with Gasteiger partial charge in [0.25, 0.3) is 0 Å². The number of carbonyl (C=O) groups is 2. The summed E-state index contributed by atoms with van der Waals surface area (Å²) in [5.74, 6) is 0.526. The van der Waals surface area contributed by atoms with Crippen LogP contribution >= 0.6 is 0 Å². The summed E-state index contributed by atoms with van der Waals surface area (Å²) < 4.78 is 5.48. The Balaban J connectivity index is 1.37. The highest BCUT2D eigenvalue weighted by Crippen LogP contribution is 2.19. The number of nitrogens with one attached hydrogen (secondary N) is 1. The summed E-state index contributed by atoms with van der Waals surface area (Å²) in [7, 11) is 0. The van der Waals surface area contributed by atoms with Crippen molar-refractivity contribution in [3.63, 3.8) is 0 Å². The fourth-order valence-corrected chi connectivity index (χ4v) is 3.31. The number of anilines is 1. The molecule has 1 aliphatic heterocycles. The number of nitrogens with zero attached hydrogens (tertiary/aromatic N) is 2. The molecule has 2 heterocycles. The summed E-state index contributed by atoms with van der Waals surface area (Å²) in [5, 5.41) is 2.89. The molecule has 1 aromatic heterocycles. The minimum absolute atomic E-state index is 0.130. The van der Waals surface area contributed by atoms with Gasteiger partial charge in [0, 0.05) is 30.8 Å². The number of hydrogen-bond donors (Lipinski definition) is 1. The predicted molar refractivity (Wildman–Crippen MR) is 105 cm³/mol. The summed E-state index contributed by atoms with van der Waals surface area (Å²) in [6, 6.07) is 17.2. The molecule has 2 aromatic carbocycles. The normalized spacial score (nSPS) is 13.7. The molecule has 0 bridgehead atoms. The van der Waals surface area contributed by atoms with E-state index in [9.17, 15) is 9.59 Å². The molecule has 6 nitrogen and oxygen atoms in total. The molecular formula is C22H21N3O3. The van der Waals surface area contributed by atoms with Crippen LogP contribution in [0.1, 0.15) is 24.1 Å². The molecule has 2 amide bonds. The zero-order valence-corrected chi connectivity index (χ0v) is 15.4. The van der Waals surface area contributed by atoms with Gasteiger partial charge < -0.3 is 14.6 Å². The van der Waals surface area contributed by atoms with Crippen molar-refractivity contribution in [2.24, 2.45) is 0 Å². The monoisotopic (exact) mass is 375 g/mol. The van der Waals surface area contributed by atoms with Crippen molar-refractivity contribution in [2.45, 2.75) is 25.8 Å². The highest BCUT2D eigenvalue weighted by atomic mass is 16.3. The third kappa shape index (κ3) is 4.28. The molecule has 0 saturated carbocycles. The lowest BCUT2D eigenvalue weighted by Gasteiger charge is -2.16. The highest BCUT2D eigenvalue weighted by Gasteiger charge is 2.20. The summed E-state index contributed by atoms with van der Waals surface area (Å²) >= 11 is 0. The van der Waals surface area contributed by atoms with Crippen LogP contribution in [-0.4, -0.2) is 28.2 Å². The SMILES string of the molecule is O=C(Cc1coc(-c2ccccc2)n1)Nc1cccc(CN2CCCC2=O)c1. The van der Waals surface area contributed by atoms with Crippen molar-refractivity contribution in [1.82, 2.24) is 9.88 Å². The van der Waals surface area contributed by atoms with Gasteiger partial charge in [-0.15, -0.1) is 0 Å². The van der Waals surface area contributed by atoms with Crippen LogP contribution in [0, 0.1) is 0 Å². The Bertz CT molecular complexity index is 981. The zero-order chi connectivity index (χ0) is 19.3. The van der Waals surface area contributed by atoms with Gasteiger partial charge in [0.1, 0.15) is 6.26 Å². The number of carbonyl (C=O) groups excluding carboxylic acids is 2. The van der Waals surface area contributed by atoms with Crippen LogP contribution in [0.5, 0.6) is 0 Å². The number of aromatic nitrogens is 1. The lowest BCUT2D eigenvalue weighted by Crippen LogP contribution is -2.23. The van der Waals surface area contributed by atoms with Crippen LogP contribution < -0.4 is 5.32 Å². The molecule has 1 N–H and O–H groups in total. The van der Waals surface area contributed by atoms with Gasteiger partial charge in [-0.2, -0.15) is 0 Å². The lowest BCUT2D eigenvalue weighted by molar-refractivity contribution is -0.128. The third-order valence-corrected chi connectivity index (χ3v) is 4.67. The standard InChI is InChI=1S/C22H21N3O3/c26-20(13-19-15-28-22(24-19)17-7-2-1-3-8-17)23-18-9-4-6-16(12-18)14-25-11-5-10-21(25)27/h1-4,6-9,12,15H,5,10-11,13-14H2,(H,23,26). The van der Waals surface area contributed by atoms with Crippen LogP contribution in [-0.2, 0) is 22.6 Å². The number of oxazole rings is 1. The Kier molecular flexibility index (Phi) is 5.19. The molecule has 0 aliphatic carbocycles. The first-order chi connectivity index (χ1) is 13.7. The average molecular weight is 375 g/mol. The second-order valence-corrected chi connectivity index (χ2v) is 6.85. The van der Waals surface area contributed by atoms with Crippen molar-refractivity contribution in [1.29, 1.82) is 0 Å². The summed E-state index contributed by atoms with van der Waals surface area (Å²) in [6.07, 6.45) is 3.18. The first kappa shape index (κ1) is 18.0. The number of benzene rings is 2. The topological polar surface area (TPSA) is 75.4 Å². The highest BCUT2D eigenvalue weighted by molar-refractivity contribution is 5.92. The molecule has 4 rings (SSSR count). The molecule has 0 radical (unpaired) electrons. The van der Waals surface area contributed by atoms with Crippen LogP contribution in [0.2, 0.25) is 0 Å². The van der Waals surface area contributed by atoms with Gasteiger partial charge in [0.15, 0.2) is 0 Å². The smallest absolute Gasteiger partial charge is 0.230 e. The molecule has 1 aliphatic rings. The van der Waals surface area contributed by atoms with E-state index in [2.05, 4.69) is 10.3 Å². The molecule has 0 atom stereocenters. The van der Waals surface area contributed by atoms with Crippen molar-refractivity contribution in [3.05, 3.63) is 72.1 Å². The summed E-state index contributed by atoms with van der Waals surface area (Å²) in [4.78, 5) is 30.4. The van der Waals surface area contributed by atoms with Gasteiger partial charge in [0.2, 0.25) is 17.7 Å². The van der Waals surface area contributed by atoms with Gasteiger partial charge in [-0.25, -0.2) is 4.98 Å². The Labute approximate surface area is 163 Å². The largest absolute Gasteiger partial charge is 0.444 e. The van der Waals surface area contributed by atoms with E-state index in [-0.39, 0.29) is 18.2 Å². The maximum Gasteiger partial charge on any atom is 0.230 e. The molecule has 1 fully saturated rings. The quantitative estimate of drug-likeness (QED) is 0.714. The molecule has 0 spiro atoms. The Morgan fingerprint density at radius 1 is 1.14 bits per heavy atom. The van der Waals surface area contributed by atoms with Gasteiger partial charge >= 0.3 is 0 Å². The molecule has 1 saturated heterocycles. The molecule has 6 heteroatoms. The fourth-order valence-electron chi connectivity index (χ4n) is 3.31. The molecule has 0 unspecified atom stereocenters. The maximum absolute atomic E-state index is 12.4. The molecule has 142 valence electrons. The molecular weight excluding hydrogens is 354 g/mol. The van der Waals surface area contributed by atoms with Crippen molar-refractivity contribution in [2.75, 3.05) is 11.9 Å². The Morgan fingerprint density at radius 3 is 2.79 bits per heavy atom. The van der Waals surface area contributed by atoms with Gasteiger partial charge in [-0.1, -0.05) is 30.3 Å². The van der Waals surface area contributed by atoms with E-state index in [1.165, 1.54) is 6.26 Å². The Morgan fingerprint density at radius 2 is 2.00 bits per heavy atom. The van der Waals surface area contributed by atoms with E-state index in [1.54, 1.807) is 0 Å². The van der Waals surface area contributed by atoms with Crippen LogP contribution in [0.25, 0.3) is 11.5 Å². The lowest BCUT2D eigenvalue weighted by atomic mass is 10.2. The van der Waals surface area contributed by atoms with E-state index < -0.39 is 0 Å². The number of hydrogen-bond acceptors (Lipinski definition) is 4. The van der Waals surface area contributed by atoms with Gasteiger partial charge in [-0.05, 0) is 36.2 Å². The number of rotatable bonds is 6. The van der Waals surface area contributed by atoms with Crippen molar-refractivity contribution >= 4 is 17.5 Å². The number of likely N-dealkylation sites (tertiary alicyclic amines) is 1. The van der Waals surface area contributed by atoms with Crippen LogP contribution in [0.4, 0.5) is 5.69 Å². The molecule has 28 heavy (non-hydrogen) atoms. The Hall–Kier alpha value is -3.41. The van der Waals surface area contributed by atoms with Gasteiger partial charge in [-0.3, -0.25) is 9.59 Å². The fraction of sp³-hybridized carbons (Fsp3) is 0.227. The summed E-state index contributed by atoms with van der Waals surface area (Å²) in [6.45, 7) is 1.37. The second kappa shape index (κ2) is 8.08. The number of amides is 2. The minimum Gasteiger partial charge on any atom is -0.444 e. The van der Waals surface area contributed by atoms with E-state index in [1.807, 2.05) is 59.5 Å². The third-order valence-electron chi connectivity index (χ3n) is 4.67. The first-order valence-corrected chi connectivity index (χ1v) is 9.34. The second-order valence-electron chi connectivity index (χ2n) is 6.85. The van der Waals surface area contributed by atoms with Crippen LogP contribution in [0.15, 0.2) is 65.3 Å². The van der Waals surface area contributed by atoms with E-state index in [4.69, 9.17) is 4.42 Å². The van der Waals surface area contributed by atoms with Crippen LogP contribution in [0.3, 0.4) is 0 Å². The average Bonchev–Trinajstić information content (AvgIpc) is 3.32. The zero-order valence-electron chi connectivity index (χ0n) is 15.4. The van der Waals surface area contributed by atoms with E-state index in [0.29, 0.717) is 30.2 Å². The summed E-state index contributed by atoms with van der Waals surface area (Å²) in [5.41, 5.74) is 3.16. The minimum atomic E-state index is -0.165. The predicted octanol–water partition coefficient (Wildman–Crippen LogP) is 3.65.